The molecule has 1 fully saturated rings. The molecule has 2 N–H and O–H groups in total. The molecule has 5 heteroatoms. The fraction of sp³-hybridized carbons (Fsp3) is 0.286. The summed E-state index contributed by atoms with van der Waals surface area (Å²) in [6.45, 7) is 2.43. The molecule has 0 aliphatic heterocycles. The molecule has 4 rings (SSSR count). The summed E-state index contributed by atoms with van der Waals surface area (Å²) in [5.41, 5.74) is 2.69. The third-order valence-electron chi connectivity index (χ3n) is 6.55. The van der Waals surface area contributed by atoms with E-state index in [-0.39, 0.29) is 17.5 Å². The Balaban J connectivity index is 1.45. The van der Waals surface area contributed by atoms with Crippen molar-refractivity contribution >= 4 is 11.9 Å². The number of carbonyl (C=O) groups excluding carboxylic acids is 1. The number of aromatic carboxylic acids is 1. The summed E-state index contributed by atoms with van der Waals surface area (Å²) < 4.78 is 5.91. The highest BCUT2D eigenvalue weighted by atomic mass is 16.5. The van der Waals surface area contributed by atoms with Crippen LogP contribution in [-0.2, 0) is 16.8 Å². The summed E-state index contributed by atoms with van der Waals surface area (Å²) in [6.07, 6.45) is 3.66. The molecule has 0 heterocycles. The van der Waals surface area contributed by atoms with E-state index in [1.807, 2.05) is 61.5 Å². The standard InChI is InChI=1S/C28H29NO4/c1-20(22-9-11-23(12-10-22)26(30)31)29-27(32)28(17-5-6-18-28)24-13-15-25(16-14-24)33-19-21-7-3-2-4-8-21/h2-4,7-16,20H,5-6,17-19H2,1H3,(H,29,32)(H,30,31)/t20-/m0/s1. The first-order chi connectivity index (χ1) is 16.0. The van der Waals surface area contributed by atoms with Crippen LogP contribution in [0.4, 0.5) is 0 Å². The van der Waals surface area contributed by atoms with Crippen LogP contribution in [-0.4, -0.2) is 17.0 Å². The van der Waals surface area contributed by atoms with Crippen molar-refractivity contribution in [3.8, 4) is 5.75 Å². The van der Waals surface area contributed by atoms with Crippen LogP contribution >= 0.6 is 0 Å². The van der Waals surface area contributed by atoms with Crippen molar-refractivity contribution < 1.29 is 19.4 Å². The molecule has 5 nitrogen and oxygen atoms in total. The Labute approximate surface area is 194 Å². The third-order valence-corrected chi connectivity index (χ3v) is 6.55. The van der Waals surface area contributed by atoms with Crippen molar-refractivity contribution in [2.24, 2.45) is 0 Å². The number of carboxylic acid groups (broad SMARTS) is 1. The highest BCUT2D eigenvalue weighted by molar-refractivity contribution is 5.89. The summed E-state index contributed by atoms with van der Waals surface area (Å²) in [7, 11) is 0. The minimum atomic E-state index is -0.959. The second kappa shape index (κ2) is 9.90. The summed E-state index contributed by atoms with van der Waals surface area (Å²) in [5.74, 6) is -0.157. The number of carboxylic acids is 1. The smallest absolute Gasteiger partial charge is 0.335 e. The number of hydrogen-bond acceptors (Lipinski definition) is 3. The van der Waals surface area contributed by atoms with E-state index < -0.39 is 11.4 Å². The van der Waals surface area contributed by atoms with Gasteiger partial charge in [0.15, 0.2) is 0 Å². The van der Waals surface area contributed by atoms with E-state index in [4.69, 9.17) is 9.84 Å². The molecule has 1 amide bonds. The number of benzene rings is 3. The van der Waals surface area contributed by atoms with Gasteiger partial charge in [-0.3, -0.25) is 4.79 Å². The maximum absolute atomic E-state index is 13.5. The summed E-state index contributed by atoms with van der Waals surface area (Å²) >= 11 is 0. The van der Waals surface area contributed by atoms with Gasteiger partial charge < -0.3 is 15.2 Å². The van der Waals surface area contributed by atoms with E-state index in [2.05, 4.69) is 5.32 Å². The normalized spacial score (nSPS) is 15.5. The van der Waals surface area contributed by atoms with E-state index in [9.17, 15) is 9.59 Å². The molecule has 33 heavy (non-hydrogen) atoms. The topological polar surface area (TPSA) is 75.6 Å². The monoisotopic (exact) mass is 443 g/mol. The van der Waals surface area contributed by atoms with Crippen molar-refractivity contribution in [1.29, 1.82) is 0 Å². The Morgan fingerprint density at radius 3 is 2.18 bits per heavy atom. The van der Waals surface area contributed by atoms with Gasteiger partial charge in [0.05, 0.1) is 17.0 Å². The van der Waals surface area contributed by atoms with E-state index >= 15 is 0 Å². The molecule has 1 aliphatic rings. The van der Waals surface area contributed by atoms with Gasteiger partial charge in [-0.15, -0.1) is 0 Å². The molecule has 3 aromatic carbocycles. The lowest BCUT2D eigenvalue weighted by molar-refractivity contribution is -0.127. The predicted octanol–water partition coefficient (Wildman–Crippen LogP) is 5.65. The first-order valence-corrected chi connectivity index (χ1v) is 11.4. The van der Waals surface area contributed by atoms with E-state index in [0.717, 1.165) is 48.1 Å². The first-order valence-electron chi connectivity index (χ1n) is 11.4. The molecule has 0 radical (unpaired) electrons. The molecular weight excluding hydrogens is 414 g/mol. The quantitative estimate of drug-likeness (QED) is 0.471. The van der Waals surface area contributed by atoms with Gasteiger partial charge in [0.1, 0.15) is 12.4 Å². The molecule has 0 saturated heterocycles. The van der Waals surface area contributed by atoms with Crippen molar-refractivity contribution in [3.63, 3.8) is 0 Å². The van der Waals surface area contributed by atoms with Crippen LogP contribution in [0, 0.1) is 0 Å². The predicted molar refractivity (Wildman–Crippen MR) is 127 cm³/mol. The van der Waals surface area contributed by atoms with Crippen LogP contribution in [0.3, 0.4) is 0 Å². The van der Waals surface area contributed by atoms with Gasteiger partial charge in [0.25, 0.3) is 0 Å². The van der Waals surface area contributed by atoms with Gasteiger partial charge in [-0.25, -0.2) is 4.79 Å². The Kier molecular flexibility index (Phi) is 6.78. The summed E-state index contributed by atoms with van der Waals surface area (Å²) in [6, 6.07) is 24.4. The summed E-state index contributed by atoms with van der Waals surface area (Å²) in [5, 5.41) is 12.3. The molecule has 1 saturated carbocycles. The molecule has 1 atom stereocenters. The zero-order chi connectivity index (χ0) is 23.3. The molecule has 0 bridgehead atoms. The van der Waals surface area contributed by atoms with Crippen LogP contribution in [0.1, 0.15) is 65.7 Å². The minimum absolute atomic E-state index is 0.0211. The van der Waals surface area contributed by atoms with E-state index in [1.54, 1.807) is 24.3 Å². The Morgan fingerprint density at radius 2 is 1.58 bits per heavy atom. The van der Waals surface area contributed by atoms with Crippen LogP contribution in [0.25, 0.3) is 0 Å². The second-order valence-electron chi connectivity index (χ2n) is 8.71. The molecule has 0 spiro atoms. The lowest BCUT2D eigenvalue weighted by Gasteiger charge is -2.30. The number of ether oxygens (including phenoxy) is 1. The largest absolute Gasteiger partial charge is 0.489 e. The molecule has 0 aromatic heterocycles. The Morgan fingerprint density at radius 1 is 0.939 bits per heavy atom. The molecule has 170 valence electrons. The first kappa shape index (κ1) is 22.6. The number of rotatable bonds is 8. The van der Waals surface area contributed by atoms with Gasteiger partial charge in [-0.2, -0.15) is 0 Å². The number of hydrogen-bond donors (Lipinski definition) is 2. The lowest BCUT2D eigenvalue weighted by atomic mass is 9.77. The number of amides is 1. The zero-order valence-electron chi connectivity index (χ0n) is 18.8. The number of nitrogens with one attached hydrogen (secondary N) is 1. The fourth-order valence-electron chi connectivity index (χ4n) is 4.57. The van der Waals surface area contributed by atoms with Gasteiger partial charge in [0, 0.05) is 0 Å². The van der Waals surface area contributed by atoms with Crippen molar-refractivity contribution in [3.05, 3.63) is 101 Å². The summed E-state index contributed by atoms with van der Waals surface area (Å²) in [4.78, 5) is 24.6. The van der Waals surface area contributed by atoms with Crippen molar-refractivity contribution in [1.82, 2.24) is 5.32 Å². The highest BCUT2D eigenvalue weighted by Gasteiger charge is 2.43. The third kappa shape index (κ3) is 5.08. The van der Waals surface area contributed by atoms with Gasteiger partial charge in [0.2, 0.25) is 5.91 Å². The fourth-order valence-corrected chi connectivity index (χ4v) is 4.57. The molecule has 1 aliphatic carbocycles. The van der Waals surface area contributed by atoms with Crippen LogP contribution in [0.5, 0.6) is 5.75 Å². The Hall–Kier alpha value is -3.60. The van der Waals surface area contributed by atoms with E-state index in [1.165, 1.54) is 0 Å². The lowest BCUT2D eigenvalue weighted by Crippen LogP contribution is -2.43. The average Bonchev–Trinajstić information content (AvgIpc) is 3.35. The maximum atomic E-state index is 13.5. The number of carbonyl (C=O) groups is 2. The van der Waals surface area contributed by atoms with Crippen LogP contribution in [0.2, 0.25) is 0 Å². The zero-order valence-corrected chi connectivity index (χ0v) is 18.8. The van der Waals surface area contributed by atoms with Crippen LogP contribution < -0.4 is 10.1 Å². The van der Waals surface area contributed by atoms with Crippen molar-refractivity contribution in [2.45, 2.75) is 50.7 Å². The highest BCUT2D eigenvalue weighted by Crippen LogP contribution is 2.42. The Bertz CT molecular complexity index is 1090. The molecule has 3 aromatic rings. The molecular formula is C28H29NO4. The molecule has 0 unspecified atom stereocenters. The van der Waals surface area contributed by atoms with E-state index in [0.29, 0.717) is 6.61 Å². The average molecular weight is 444 g/mol. The SMILES string of the molecule is C[C@H](NC(=O)C1(c2ccc(OCc3ccccc3)cc2)CCCC1)c1ccc(C(=O)O)cc1. The maximum Gasteiger partial charge on any atom is 0.335 e. The van der Waals surface area contributed by atoms with Crippen LogP contribution in [0.15, 0.2) is 78.9 Å². The van der Waals surface area contributed by atoms with Gasteiger partial charge >= 0.3 is 5.97 Å². The van der Waals surface area contributed by atoms with Crippen molar-refractivity contribution in [2.75, 3.05) is 0 Å². The van der Waals surface area contributed by atoms with Gasteiger partial charge in [-0.05, 0) is 60.7 Å². The second-order valence-corrected chi connectivity index (χ2v) is 8.71. The minimum Gasteiger partial charge on any atom is -0.489 e. The van der Waals surface area contributed by atoms with Gasteiger partial charge in [-0.1, -0.05) is 67.4 Å².